The van der Waals surface area contributed by atoms with Crippen LogP contribution in [0.3, 0.4) is 0 Å². The lowest BCUT2D eigenvalue weighted by molar-refractivity contribution is -0.136. The summed E-state index contributed by atoms with van der Waals surface area (Å²) < 4.78 is 4.94. The number of aromatic carboxylic acids is 1. The van der Waals surface area contributed by atoms with E-state index in [1.807, 2.05) is 0 Å². The van der Waals surface area contributed by atoms with Crippen molar-refractivity contribution in [2.45, 2.75) is 18.9 Å². The molecule has 2 heterocycles. The first-order valence-electron chi connectivity index (χ1n) is 7.02. The number of imide groups is 2. The van der Waals surface area contributed by atoms with Gasteiger partial charge in [0, 0.05) is 6.42 Å². The van der Waals surface area contributed by atoms with Crippen LogP contribution in [0.25, 0.3) is 0 Å². The molecule has 4 amide bonds. The van der Waals surface area contributed by atoms with Crippen molar-refractivity contribution in [1.29, 1.82) is 0 Å². The van der Waals surface area contributed by atoms with Crippen molar-refractivity contribution in [2.75, 3.05) is 7.11 Å². The summed E-state index contributed by atoms with van der Waals surface area (Å²) in [5, 5.41) is 11.4. The van der Waals surface area contributed by atoms with Gasteiger partial charge in [-0.1, -0.05) is 0 Å². The fourth-order valence-corrected chi connectivity index (χ4v) is 2.92. The Morgan fingerprint density at radius 3 is 2.54 bits per heavy atom. The van der Waals surface area contributed by atoms with E-state index in [0.29, 0.717) is 4.90 Å². The van der Waals surface area contributed by atoms with Gasteiger partial charge in [-0.05, 0) is 18.6 Å². The van der Waals surface area contributed by atoms with E-state index < -0.39 is 41.2 Å². The van der Waals surface area contributed by atoms with Crippen molar-refractivity contribution in [3.05, 3.63) is 28.8 Å². The molecule has 9 heteroatoms. The van der Waals surface area contributed by atoms with Gasteiger partial charge < -0.3 is 9.84 Å². The predicted octanol–water partition coefficient (Wildman–Crippen LogP) is -0.205. The molecule has 0 saturated carbocycles. The fraction of sp³-hybridized carbons (Fsp3) is 0.267. The van der Waals surface area contributed by atoms with E-state index in [-0.39, 0.29) is 29.7 Å². The molecule has 1 aromatic carbocycles. The third kappa shape index (κ3) is 2.13. The van der Waals surface area contributed by atoms with Crippen molar-refractivity contribution in [3.63, 3.8) is 0 Å². The number of nitrogens with zero attached hydrogens (tertiary/aromatic N) is 1. The Kier molecular flexibility index (Phi) is 3.55. The second kappa shape index (κ2) is 5.44. The molecular formula is C15H12N2O7. The smallest absolute Gasteiger partial charge is 0.340 e. The summed E-state index contributed by atoms with van der Waals surface area (Å²) in [6.07, 6.45) is -0.0193. The van der Waals surface area contributed by atoms with Gasteiger partial charge >= 0.3 is 5.97 Å². The van der Waals surface area contributed by atoms with Crippen LogP contribution in [0.5, 0.6) is 5.75 Å². The van der Waals surface area contributed by atoms with Crippen LogP contribution in [0.4, 0.5) is 0 Å². The number of carboxylic acid groups (broad SMARTS) is 1. The summed E-state index contributed by atoms with van der Waals surface area (Å²) in [6, 6.07) is 1.41. The molecule has 0 aliphatic carbocycles. The van der Waals surface area contributed by atoms with Gasteiger partial charge in [0.05, 0.1) is 18.2 Å². The van der Waals surface area contributed by atoms with Gasteiger partial charge in [0.25, 0.3) is 11.8 Å². The maximum Gasteiger partial charge on any atom is 0.340 e. The lowest BCUT2D eigenvalue weighted by Crippen LogP contribution is -2.54. The number of amides is 4. The van der Waals surface area contributed by atoms with E-state index >= 15 is 0 Å². The van der Waals surface area contributed by atoms with Gasteiger partial charge in [-0.15, -0.1) is 0 Å². The maximum absolute atomic E-state index is 12.6. The second-order valence-corrected chi connectivity index (χ2v) is 5.32. The number of piperidine rings is 1. The van der Waals surface area contributed by atoms with Crippen LogP contribution in [0.2, 0.25) is 0 Å². The normalized spacial score (nSPS) is 20.0. The molecule has 1 saturated heterocycles. The molecule has 0 radical (unpaired) electrons. The van der Waals surface area contributed by atoms with Gasteiger partial charge in [0.1, 0.15) is 17.4 Å². The van der Waals surface area contributed by atoms with Gasteiger partial charge in [-0.25, -0.2) is 4.79 Å². The predicted molar refractivity (Wildman–Crippen MR) is 76.6 cm³/mol. The van der Waals surface area contributed by atoms with E-state index in [4.69, 9.17) is 4.74 Å². The van der Waals surface area contributed by atoms with Crippen LogP contribution in [0.15, 0.2) is 12.1 Å². The first-order chi connectivity index (χ1) is 11.4. The van der Waals surface area contributed by atoms with Crippen molar-refractivity contribution in [1.82, 2.24) is 10.2 Å². The first-order valence-corrected chi connectivity index (χ1v) is 7.02. The van der Waals surface area contributed by atoms with Gasteiger partial charge in [-0.2, -0.15) is 0 Å². The van der Waals surface area contributed by atoms with Crippen LogP contribution >= 0.6 is 0 Å². The molecule has 1 unspecified atom stereocenters. The minimum Gasteiger partial charge on any atom is -0.496 e. The van der Waals surface area contributed by atoms with Crippen LogP contribution in [0, 0.1) is 0 Å². The third-order valence-corrected chi connectivity index (χ3v) is 4.00. The quantitative estimate of drug-likeness (QED) is 0.733. The molecule has 2 aliphatic rings. The minimum absolute atomic E-state index is 0.00429. The Hall–Kier alpha value is -3.23. The lowest BCUT2D eigenvalue weighted by atomic mass is 10.0. The molecule has 24 heavy (non-hydrogen) atoms. The van der Waals surface area contributed by atoms with Crippen molar-refractivity contribution >= 4 is 29.6 Å². The van der Waals surface area contributed by atoms with Crippen LogP contribution < -0.4 is 10.1 Å². The summed E-state index contributed by atoms with van der Waals surface area (Å²) in [7, 11) is 1.24. The van der Waals surface area contributed by atoms with Gasteiger partial charge in [0.15, 0.2) is 0 Å². The first kappa shape index (κ1) is 15.7. The highest BCUT2D eigenvalue weighted by Crippen LogP contribution is 2.34. The molecule has 2 aliphatic heterocycles. The Bertz CT molecular complexity index is 814. The molecule has 1 fully saturated rings. The zero-order valence-corrected chi connectivity index (χ0v) is 12.5. The van der Waals surface area contributed by atoms with Crippen LogP contribution in [0.1, 0.15) is 43.9 Å². The number of carbonyl (C=O) groups is 5. The zero-order chi connectivity index (χ0) is 17.6. The molecule has 0 aromatic heterocycles. The third-order valence-electron chi connectivity index (χ3n) is 4.00. The standard InChI is InChI=1S/C15H12N2O7/c1-24-8-4-2-6-10(11(8)15(22)23)14(21)17(13(6)20)7-3-5-9(18)16-12(7)19/h2,4,7H,3,5H2,1H3,(H,22,23)(H,16,18,19). The average molecular weight is 332 g/mol. The summed E-state index contributed by atoms with van der Waals surface area (Å²) in [4.78, 5) is 60.6. The fourth-order valence-electron chi connectivity index (χ4n) is 2.92. The topological polar surface area (TPSA) is 130 Å². The summed E-state index contributed by atoms with van der Waals surface area (Å²) >= 11 is 0. The average Bonchev–Trinajstić information content (AvgIpc) is 2.78. The summed E-state index contributed by atoms with van der Waals surface area (Å²) in [6.45, 7) is 0. The lowest BCUT2D eigenvalue weighted by Gasteiger charge is -2.27. The minimum atomic E-state index is -1.42. The molecule has 0 spiro atoms. The highest BCUT2D eigenvalue weighted by molar-refractivity contribution is 6.26. The van der Waals surface area contributed by atoms with E-state index in [1.165, 1.54) is 19.2 Å². The van der Waals surface area contributed by atoms with Crippen molar-refractivity contribution < 1.29 is 33.8 Å². The molecule has 2 N–H and O–H groups in total. The molecule has 1 aromatic rings. The van der Waals surface area contributed by atoms with E-state index in [1.54, 1.807) is 0 Å². The van der Waals surface area contributed by atoms with Crippen molar-refractivity contribution in [2.24, 2.45) is 0 Å². The highest BCUT2D eigenvalue weighted by atomic mass is 16.5. The maximum atomic E-state index is 12.6. The number of ether oxygens (including phenoxy) is 1. The Morgan fingerprint density at radius 2 is 1.96 bits per heavy atom. The number of fused-ring (bicyclic) bond motifs is 1. The Labute approximate surface area is 135 Å². The number of methoxy groups -OCH3 is 1. The molecule has 0 bridgehead atoms. The number of carbonyl (C=O) groups excluding carboxylic acids is 4. The molecule has 9 nitrogen and oxygen atoms in total. The second-order valence-electron chi connectivity index (χ2n) is 5.32. The Balaban J connectivity index is 2.09. The number of carboxylic acids is 1. The highest BCUT2D eigenvalue weighted by Gasteiger charge is 2.47. The number of benzene rings is 1. The largest absolute Gasteiger partial charge is 0.496 e. The van der Waals surface area contributed by atoms with E-state index in [9.17, 15) is 29.1 Å². The van der Waals surface area contributed by atoms with E-state index in [2.05, 4.69) is 5.32 Å². The summed E-state index contributed by atoms with van der Waals surface area (Å²) in [5.41, 5.74) is -0.845. The van der Waals surface area contributed by atoms with Gasteiger partial charge in [0.2, 0.25) is 11.8 Å². The number of hydrogen-bond acceptors (Lipinski definition) is 6. The zero-order valence-electron chi connectivity index (χ0n) is 12.5. The van der Waals surface area contributed by atoms with Crippen molar-refractivity contribution in [3.8, 4) is 5.75 Å². The number of hydrogen-bond donors (Lipinski definition) is 2. The monoisotopic (exact) mass is 332 g/mol. The van der Waals surface area contributed by atoms with Crippen LogP contribution in [-0.2, 0) is 9.59 Å². The van der Waals surface area contributed by atoms with E-state index in [0.717, 1.165) is 0 Å². The molecule has 124 valence electrons. The molecule has 3 rings (SSSR count). The van der Waals surface area contributed by atoms with Crippen LogP contribution in [-0.4, -0.2) is 52.8 Å². The van der Waals surface area contributed by atoms with Gasteiger partial charge in [-0.3, -0.25) is 29.4 Å². The number of rotatable bonds is 3. The number of nitrogens with one attached hydrogen (secondary N) is 1. The molecular weight excluding hydrogens is 320 g/mol. The molecule has 1 atom stereocenters. The Morgan fingerprint density at radius 1 is 1.25 bits per heavy atom. The SMILES string of the molecule is COc1ccc2c(c1C(=O)O)C(=O)N(C1CCC(=O)NC1=O)C2=O. The summed E-state index contributed by atoms with van der Waals surface area (Å²) in [5.74, 6) is -4.39.